The number of hydrogen-bond acceptors (Lipinski definition) is 3. The monoisotopic (exact) mass is 306 g/mol. The predicted octanol–water partition coefficient (Wildman–Crippen LogP) is 3.17. The van der Waals surface area contributed by atoms with Crippen LogP contribution in [-0.2, 0) is 9.53 Å². The van der Waals surface area contributed by atoms with Crippen molar-refractivity contribution in [1.82, 2.24) is 10.6 Å². The van der Waals surface area contributed by atoms with Crippen LogP contribution < -0.4 is 10.6 Å². The largest absolute Gasteiger partial charge is 0.444 e. The Hall–Kier alpha value is -2.04. The molecule has 0 aliphatic carbocycles. The number of ether oxygens (including phenoxy) is 1. The van der Waals surface area contributed by atoms with E-state index in [2.05, 4.69) is 10.6 Å². The summed E-state index contributed by atoms with van der Waals surface area (Å²) < 4.78 is 5.12. The molecular weight excluding hydrogens is 280 g/mol. The summed E-state index contributed by atoms with van der Waals surface area (Å²) in [6.45, 7) is 7.80. The Morgan fingerprint density at radius 1 is 1.18 bits per heavy atom. The van der Waals surface area contributed by atoms with Crippen molar-refractivity contribution in [3.05, 3.63) is 35.9 Å². The SMILES string of the molecule is C[C@H](NC(=O)CCCNC(=O)OC(C)(C)C)c1ccccc1. The first-order chi connectivity index (χ1) is 10.3. The lowest BCUT2D eigenvalue weighted by Gasteiger charge is -2.19. The lowest BCUT2D eigenvalue weighted by atomic mass is 10.1. The lowest BCUT2D eigenvalue weighted by molar-refractivity contribution is -0.121. The van der Waals surface area contributed by atoms with Crippen molar-refractivity contribution in [1.29, 1.82) is 0 Å². The van der Waals surface area contributed by atoms with E-state index in [1.54, 1.807) is 0 Å². The van der Waals surface area contributed by atoms with Gasteiger partial charge in [0.1, 0.15) is 5.60 Å². The zero-order valence-corrected chi connectivity index (χ0v) is 13.8. The number of amides is 2. The summed E-state index contributed by atoms with van der Waals surface area (Å²) in [5.74, 6) is -0.0256. The summed E-state index contributed by atoms with van der Waals surface area (Å²) in [5.41, 5.74) is 0.565. The van der Waals surface area contributed by atoms with Crippen molar-refractivity contribution < 1.29 is 14.3 Å². The summed E-state index contributed by atoms with van der Waals surface area (Å²) in [6, 6.07) is 9.78. The van der Waals surface area contributed by atoms with E-state index in [0.29, 0.717) is 19.4 Å². The minimum atomic E-state index is -0.507. The normalized spacial score (nSPS) is 12.4. The third-order valence-electron chi connectivity index (χ3n) is 2.93. The third-order valence-corrected chi connectivity index (χ3v) is 2.93. The van der Waals surface area contributed by atoms with Gasteiger partial charge in [0, 0.05) is 13.0 Å². The maximum Gasteiger partial charge on any atom is 0.407 e. The van der Waals surface area contributed by atoms with Gasteiger partial charge in [-0.1, -0.05) is 30.3 Å². The summed E-state index contributed by atoms with van der Waals surface area (Å²) in [5, 5.41) is 5.58. The van der Waals surface area contributed by atoms with Gasteiger partial charge in [0.2, 0.25) is 5.91 Å². The van der Waals surface area contributed by atoms with Crippen molar-refractivity contribution in [2.24, 2.45) is 0 Å². The van der Waals surface area contributed by atoms with Crippen LogP contribution >= 0.6 is 0 Å². The second kappa shape index (κ2) is 8.41. The fourth-order valence-corrected chi connectivity index (χ4v) is 1.89. The summed E-state index contributed by atoms with van der Waals surface area (Å²) in [4.78, 5) is 23.3. The van der Waals surface area contributed by atoms with Gasteiger partial charge in [0.25, 0.3) is 0 Å². The molecule has 0 aliphatic rings. The molecule has 5 nitrogen and oxygen atoms in total. The highest BCUT2D eigenvalue weighted by Gasteiger charge is 2.15. The molecule has 22 heavy (non-hydrogen) atoms. The fraction of sp³-hybridized carbons (Fsp3) is 0.529. The van der Waals surface area contributed by atoms with E-state index < -0.39 is 11.7 Å². The minimum absolute atomic E-state index is 0.0208. The van der Waals surface area contributed by atoms with Crippen LogP contribution in [0.2, 0.25) is 0 Å². The number of nitrogens with one attached hydrogen (secondary N) is 2. The molecule has 1 atom stereocenters. The van der Waals surface area contributed by atoms with Gasteiger partial charge < -0.3 is 15.4 Å². The van der Waals surface area contributed by atoms with Crippen LogP contribution in [0.4, 0.5) is 4.79 Å². The molecule has 1 rings (SSSR count). The molecule has 0 spiro atoms. The molecule has 0 saturated heterocycles. The maximum atomic E-state index is 11.8. The van der Waals surface area contributed by atoms with Crippen LogP contribution in [0.25, 0.3) is 0 Å². The van der Waals surface area contributed by atoms with Crippen LogP contribution in [0, 0.1) is 0 Å². The molecule has 0 fully saturated rings. The molecule has 0 radical (unpaired) electrons. The van der Waals surface area contributed by atoms with Crippen LogP contribution in [0.5, 0.6) is 0 Å². The van der Waals surface area contributed by atoms with E-state index in [1.807, 2.05) is 58.0 Å². The number of hydrogen-bond donors (Lipinski definition) is 2. The topological polar surface area (TPSA) is 67.4 Å². The standard InChI is InChI=1S/C17H26N2O3/c1-13(14-9-6-5-7-10-14)19-15(20)11-8-12-18-16(21)22-17(2,3)4/h5-7,9-10,13H,8,11-12H2,1-4H3,(H,18,21)(H,19,20)/t13-/m0/s1. The van der Waals surface area contributed by atoms with E-state index in [0.717, 1.165) is 5.56 Å². The Bertz CT molecular complexity index is 480. The van der Waals surface area contributed by atoms with Crippen LogP contribution in [-0.4, -0.2) is 24.1 Å². The molecule has 122 valence electrons. The van der Waals surface area contributed by atoms with Crippen molar-refractivity contribution in [2.75, 3.05) is 6.54 Å². The Morgan fingerprint density at radius 3 is 2.41 bits per heavy atom. The smallest absolute Gasteiger partial charge is 0.407 e. The molecule has 1 aromatic rings. The minimum Gasteiger partial charge on any atom is -0.444 e. The molecule has 1 aromatic carbocycles. The molecule has 2 N–H and O–H groups in total. The molecule has 5 heteroatoms. The number of carbonyl (C=O) groups is 2. The van der Waals surface area contributed by atoms with Gasteiger partial charge in [-0.3, -0.25) is 4.79 Å². The molecule has 0 bridgehead atoms. The van der Waals surface area contributed by atoms with Crippen molar-refractivity contribution in [3.8, 4) is 0 Å². The summed E-state index contributed by atoms with van der Waals surface area (Å²) in [7, 11) is 0. The van der Waals surface area contributed by atoms with Crippen molar-refractivity contribution >= 4 is 12.0 Å². The summed E-state index contributed by atoms with van der Waals surface area (Å²) in [6.07, 6.45) is 0.491. The number of alkyl carbamates (subject to hydrolysis) is 1. The molecular formula is C17H26N2O3. The van der Waals surface area contributed by atoms with Gasteiger partial charge >= 0.3 is 6.09 Å². The zero-order valence-electron chi connectivity index (χ0n) is 13.8. The summed E-state index contributed by atoms with van der Waals surface area (Å²) >= 11 is 0. The van der Waals surface area contributed by atoms with E-state index in [-0.39, 0.29) is 11.9 Å². The third kappa shape index (κ3) is 7.67. The second-order valence-electron chi connectivity index (χ2n) is 6.23. The van der Waals surface area contributed by atoms with Gasteiger partial charge in [-0.2, -0.15) is 0 Å². The average Bonchev–Trinajstić information content (AvgIpc) is 2.42. The second-order valence-corrected chi connectivity index (χ2v) is 6.23. The van der Waals surface area contributed by atoms with Crippen LogP contribution in [0.15, 0.2) is 30.3 Å². The number of rotatable bonds is 6. The maximum absolute atomic E-state index is 11.8. The predicted molar refractivity (Wildman–Crippen MR) is 86.5 cm³/mol. The highest BCUT2D eigenvalue weighted by molar-refractivity contribution is 5.76. The average molecular weight is 306 g/mol. The lowest BCUT2D eigenvalue weighted by Crippen LogP contribution is -2.33. The Labute approximate surface area is 132 Å². The van der Waals surface area contributed by atoms with E-state index in [1.165, 1.54) is 0 Å². The molecule has 0 aromatic heterocycles. The van der Waals surface area contributed by atoms with E-state index in [9.17, 15) is 9.59 Å². The quantitative estimate of drug-likeness (QED) is 0.793. The van der Waals surface area contributed by atoms with Gasteiger partial charge in [-0.15, -0.1) is 0 Å². The van der Waals surface area contributed by atoms with Crippen molar-refractivity contribution in [2.45, 2.75) is 52.2 Å². The number of carbonyl (C=O) groups excluding carboxylic acids is 2. The van der Waals surface area contributed by atoms with Gasteiger partial charge in [-0.25, -0.2) is 4.79 Å². The fourth-order valence-electron chi connectivity index (χ4n) is 1.89. The first-order valence-electron chi connectivity index (χ1n) is 7.59. The van der Waals surface area contributed by atoms with Gasteiger partial charge in [-0.05, 0) is 39.7 Å². The highest BCUT2D eigenvalue weighted by Crippen LogP contribution is 2.11. The highest BCUT2D eigenvalue weighted by atomic mass is 16.6. The van der Waals surface area contributed by atoms with Gasteiger partial charge in [0.05, 0.1) is 6.04 Å². The Balaban J connectivity index is 2.20. The molecule has 0 aliphatic heterocycles. The van der Waals surface area contributed by atoms with Crippen molar-refractivity contribution in [3.63, 3.8) is 0 Å². The van der Waals surface area contributed by atoms with Crippen LogP contribution in [0.1, 0.15) is 52.1 Å². The molecule has 0 heterocycles. The first-order valence-corrected chi connectivity index (χ1v) is 7.59. The first kappa shape index (κ1) is 18.0. The molecule has 0 saturated carbocycles. The van der Waals surface area contributed by atoms with E-state index in [4.69, 9.17) is 4.74 Å². The van der Waals surface area contributed by atoms with E-state index >= 15 is 0 Å². The molecule has 0 unspecified atom stereocenters. The molecule has 2 amide bonds. The Kier molecular flexibility index (Phi) is 6.89. The Morgan fingerprint density at radius 2 is 1.82 bits per heavy atom. The zero-order chi connectivity index (χ0) is 16.6. The number of benzene rings is 1. The van der Waals surface area contributed by atoms with Crippen LogP contribution in [0.3, 0.4) is 0 Å². The van der Waals surface area contributed by atoms with Gasteiger partial charge in [0.15, 0.2) is 0 Å².